The van der Waals surface area contributed by atoms with Gasteiger partial charge in [-0.15, -0.1) is 0 Å². The Morgan fingerprint density at radius 1 is 0.537 bits per heavy atom. The van der Waals surface area contributed by atoms with E-state index >= 15 is 0 Å². The zero-order valence-corrected chi connectivity index (χ0v) is 44.6. The van der Waals surface area contributed by atoms with Crippen LogP contribution < -0.4 is 5.11 Å². The fourth-order valence-corrected chi connectivity index (χ4v) is 3.58. The molecule has 374 valence electrons. The van der Waals surface area contributed by atoms with Gasteiger partial charge >= 0.3 is 0 Å². The monoisotopic (exact) mass is 1280 g/mol. The van der Waals surface area contributed by atoms with Crippen molar-refractivity contribution < 1.29 is 47.7 Å². The molecule has 0 bridgehead atoms. The van der Waals surface area contributed by atoms with Crippen LogP contribution >= 0.6 is 67.8 Å². The Morgan fingerprint density at radius 2 is 0.761 bits per heavy atom. The summed E-state index contributed by atoms with van der Waals surface area (Å²) >= 11 is 6.70. The third-order valence-corrected chi connectivity index (χ3v) is 5.44. The zero-order chi connectivity index (χ0) is 50.0. The number of alkyl halides is 3. The van der Waals surface area contributed by atoms with E-state index in [2.05, 4.69) is 88.2 Å². The zero-order valence-electron chi connectivity index (χ0n) is 38.1. The van der Waals surface area contributed by atoms with E-state index in [1.54, 1.807) is 79.4 Å². The van der Waals surface area contributed by atoms with Crippen molar-refractivity contribution in [1.29, 1.82) is 0 Å². The third kappa shape index (κ3) is 40.7. The molecule has 0 amide bonds. The highest BCUT2D eigenvalue weighted by Gasteiger charge is 2.00. The fourth-order valence-electron chi connectivity index (χ4n) is 3.58. The van der Waals surface area contributed by atoms with E-state index in [9.17, 15) is 18.0 Å². The summed E-state index contributed by atoms with van der Waals surface area (Å²) in [6.45, 7) is 14.2. The number of rotatable bonds is 0. The van der Waals surface area contributed by atoms with E-state index < -0.39 is 17.9 Å². The lowest BCUT2D eigenvalue weighted by molar-refractivity contribution is -0.302. The van der Waals surface area contributed by atoms with Gasteiger partial charge in [-0.2, -0.15) is 20.4 Å². The highest BCUT2D eigenvalue weighted by Crippen LogP contribution is 2.07. The Hall–Kier alpha value is -5.31. The Kier molecular flexibility index (Phi) is 56.8. The molecule has 0 aliphatic heterocycles. The number of pyridine rings is 4. The molecule has 0 unspecified atom stereocenters. The number of carbonyl (C=O) groups excluding carboxylic acids is 2. The van der Waals surface area contributed by atoms with Crippen LogP contribution in [0.5, 0.6) is 0 Å². The molecule has 0 atom stereocenters. The average molecular weight is 1280 g/mol. The summed E-state index contributed by atoms with van der Waals surface area (Å²) < 4.78 is 45.5. The van der Waals surface area contributed by atoms with Crippen molar-refractivity contribution in [3.63, 3.8) is 0 Å². The lowest BCUT2D eigenvalue weighted by Crippen LogP contribution is -2.16. The minimum atomic E-state index is -1.08. The van der Waals surface area contributed by atoms with E-state index in [4.69, 9.17) is 29.7 Å². The Balaban J connectivity index is -0.000000122. The van der Waals surface area contributed by atoms with Gasteiger partial charge in [-0.1, -0.05) is 135 Å². The first-order valence-corrected chi connectivity index (χ1v) is 23.8. The molecule has 8 aromatic rings. The van der Waals surface area contributed by atoms with Crippen molar-refractivity contribution >= 4 is 114 Å². The first kappa shape index (κ1) is 76.0. The van der Waals surface area contributed by atoms with Gasteiger partial charge in [0.15, 0.2) is 17.5 Å². The quantitative estimate of drug-likeness (QED) is 0.0831. The van der Waals surface area contributed by atoms with Crippen LogP contribution in [0, 0.1) is 24.9 Å². The number of aromatic nitrogens is 8. The van der Waals surface area contributed by atoms with Gasteiger partial charge in [-0.25, -0.2) is 31.2 Å². The molecular weight excluding hydrogens is 1210 g/mol. The molecule has 8 rings (SSSR count). The minimum Gasteiger partial charge on any atom is -0.550 e. The SMILES string of the molecule is C.C.CC.CC.CC(=O)O.CC(=O)O.CC(=O)[O-].CC(C)=O.CI.Fc1cnn2ccccc12.Fc1cnn2ccccc12.Fc1cnn2ccccc12.ICI.[CH3+].c1ccn2nccc2c1. The number of hydrogen-bond donors (Lipinski definition) is 2. The number of carboxylic acid groups (broad SMARTS) is 3. The van der Waals surface area contributed by atoms with Crippen LogP contribution in [0.4, 0.5) is 13.2 Å². The predicted octanol–water partition coefficient (Wildman–Crippen LogP) is 11.9. The van der Waals surface area contributed by atoms with E-state index in [1.807, 2.05) is 67.6 Å². The molecule has 0 radical (unpaired) electrons. The molecule has 15 nitrogen and oxygen atoms in total. The summed E-state index contributed by atoms with van der Waals surface area (Å²) in [4.78, 5) is 38.3. The van der Waals surface area contributed by atoms with Crippen LogP contribution in [0.25, 0.3) is 22.1 Å². The number of halogens is 6. The largest absolute Gasteiger partial charge is 0.550 e. The van der Waals surface area contributed by atoms with Gasteiger partial charge in [0.1, 0.15) is 22.3 Å². The van der Waals surface area contributed by atoms with Gasteiger partial charge in [0, 0.05) is 58.2 Å². The number of ketones is 1. The summed E-state index contributed by atoms with van der Waals surface area (Å²) in [5.74, 6) is -3.41. The maximum absolute atomic E-state index is 12.7. The number of nitrogens with zero attached hydrogens (tertiary/aromatic N) is 8. The van der Waals surface area contributed by atoms with E-state index in [0.717, 1.165) is 26.3 Å². The predicted molar refractivity (Wildman–Crippen MR) is 290 cm³/mol. The average Bonchev–Trinajstić information content (AvgIpc) is 4.08. The molecule has 2 N–H and O–H groups in total. The number of carbonyl (C=O) groups is 4. The number of Topliss-reactive ketones (excluding diaryl/α,β-unsaturated/α-hetero) is 1. The lowest BCUT2D eigenvalue weighted by atomic mass is 10.4. The van der Waals surface area contributed by atoms with Crippen LogP contribution in [-0.2, 0) is 19.2 Å². The molecule has 0 aliphatic carbocycles. The molecule has 0 fully saturated rings. The summed E-state index contributed by atoms with van der Waals surface area (Å²) in [5.41, 5.74) is 2.69. The maximum atomic E-state index is 12.7. The second kappa shape index (κ2) is 50.1. The standard InChI is InChI=1S/3C7H5FN2.C7H6N2.C3H6O.3C2H4O2.2C2H6.CH2I2.CH3I.2CH4.CH3/c3*8-6-5-9-10-4-2-1-3-7(6)10;1-2-6-9-7(3-1)4-5-8-9;1-3(2)4;3*1-2(3)4;2*1-2;2-1-3;1-2;;;/h3*1-5H;1-6H;1-2H3;3*1H3,(H,3,4);2*1-2H3;1H2;1H3;2*1H4;1H3/q;;;;;;;;;;;;;;+1/p-1. The third-order valence-electron chi connectivity index (χ3n) is 5.44. The molecule has 0 aromatic carbocycles. The van der Waals surface area contributed by atoms with Gasteiger partial charge < -0.3 is 24.9 Å². The van der Waals surface area contributed by atoms with Gasteiger partial charge in [-0.05, 0) is 80.3 Å². The number of carboxylic acids is 3. The Bertz CT molecular complexity index is 2150. The van der Waals surface area contributed by atoms with Gasteiger partial charge in [0.2, 0.25) is 0 Å². The normalized spacial score (nSPS) is 8.12. The molecular formula is C46H66F3I3N8O7. The van der Waals surface area contributed by atoms with E-state index in [-0.39, 0.29) is 45.5 Å². The summed E-state index contributed by atoms with van der Waals surface area (Å²) in [5, 5.41) is 39.0. The Labute approximate surface area is 434 Å². The lowest BCUT2D eigenvalue weighted by Gasteiger charge is -1.87. The molecule has 0 aliphatic rings. The van der Waals surface area contributed by atoms with Crippen molar-refractivity contribution in [1.82, 2.24) is 38.5 Å². The molecule has 67 heavy (non-hydrogen) atoms. The fraction of sp³-hybridized carbons (Fsp3) is 0.283. The van der Waals surface area contributed by atoms with Gasteiger partial charge in [0.05, 0.1) is 26.5 Å². The molecule has 8 aromatic heterocycles. The second-order valence-corrected chi connectivity index (χ2v) is 15.0. The van der Waals surface area contributed by atoms with Crippen LogP contribution in [0.1, 0.15) is 77.2 Å². The van der Waals surface area contributed by atoms with Crippen molar-refractivity contribution in [2.75, 3.05) is 7.36 Å². The first-order chi connectivity index (χ1) is 30.4. The van der Waals surface area contributed by atoms with Crippen LogP contribution in [0.2, 0.25) is 0 Å². The van der Waals surface area contributed by atoms with E-state index in [1.165, 1.54) is 48.4 Å². The summed E-state index contributed by atoms with van der Waals surface area (Å²) in [6, 6.07) is 23.7. The van der Waals surface area contributed by atoms with Crippen LogP contribution in [0.15, 0.2) is 128 Å². The molecule has 21 heteroatoms. The Morgan fingerprint density at radius 3 is 0.985 bits per heavy atom. The summed E-state index contributed by atoms with van der Waals surface area (Å²) in [6.07, 6.45) is 12.4. The number of aliphatic carboxylic acids is 3. The second-order valence-electron chi connectivity index (χ2n) is 10.5. The smallest absolute Gasteiger partial charge is 0.300 e. The molecule has 8 heterocycles. The van der Waals surface area contributed by atoms with Crippen molar-refractivity contribution in [3.05, 3.63) is 153 Å². The topological polar surface area (TPSA) is 201 Å². The van der Waals surface area contributed by atoms with Crippen molar-refractivity contribution in [2.24, 2.45) is 0 Å². The van der Waals surface area contributed by atoms with Gasteiger partial charge in [-0.3, -0.25) is 9.59 Å². The minimum absolute atomic E-state index is 0. The van der Waals surface area contributed by atoms with Crippen molar-refractivity contribution in [2.45, 2.75) is 77.2 Å². The van der Waals surface area contributed by atoms with E-state index in [0.29, 0.717) is 16.6 Å². The summed E-state index contributed by atoms with van der Waals surface area (Å²) in [7, 11) is 0. The molecule has 0 spiro atoms. The molecule has 0 saturated carbocycles. The van der Waals surface area contributed by atoms with Crippen molar-refractivity contribution in [3.8, 4) is 0 Å². The highest BCUT2D eigenvalue weighted by molar-refractivity contribution is 14.2. The highest BCUT2D eigenvalue weighted by atomic mass is 127. The van der Waals surface area contributed by atoms with Crippen LogP contribution in [-0.4, -0.2) is 79.7 Å². The van der Waals surface area contributed by atoms with Gasteiger partial charge in [0.25, 0.3) is 11.9 Å². The molecule has 0 saturated heterocycles. The first-order valence-electron chi connectivity index (χ1n) is 18.6. The number of hydrogen-bond acceptors (Lipinski definition) is 9. The number of fused-ring (bicyclic) bond motifs is 4. The van der Waals surface area contributed by atoms with Crippen LogP contribution in [0.3, 0.4) is 0 Å². The maximum Gasteiger partial charge on any atom is 0.300 e.